The molecule has 1 unspecified atom stereocenters. The number of carbonyl (C=O) groups is 2. The van der Waals surface area contributed by atoms with Gasteiger partial charge in [-0.05, 0) is 55.3 Å². The summed E-state index contributed by atoms with van der Waals surface area (Å²) >= 11 is 1.51. The number of aryl methyl sites for hydroxylation is 1. The first kappa shape index (κ1) is 23.8. The van der Waals surface area contributed by atoms with E-state index in [9.17, 15) is 14.0 Å². The fourth-order valence-corrected chi connectivity index (χ4v) is 5.77. The van der Waals surface area contributed by atoms with Crippen molar-refractivity contribution in [1.29, 1.82) is 0 Å². The molecule has 0 radical (unpaired) electrons. The molecule has 3 heterocycles. The Morgan fingerprint density at radius 3 is 2.74 bits per heavy atom. The van der Waals surface area contributed by atoms with Crippen molar-refractivity contribution in [3.63, 3.8) is 0 Å². The first-order valence-electron chi connectivity index (χ1n) is 12.0. The second-order valence-corrected chi connectivity index (χ2v) is 10.2. The Hall–Kier alpha value is -2.88. The zero-order chi connectivity index (χ0) is 24.4. The molecule has 2 aliphatic rings. The van der Waals surface area contributed by atoms with E-state index in [0.29, 0.717) is 17.4 Å². The monoisotopic (exact) mass is 496 g/mol. The normalized spacial score (nSPS) is 19.0. The molecule has 5 rings (SSSR count). The summed E-state index contributed by atoms with van der Waals surface area (Å²) in [5.41, 5.74) is 2.63. The third-order valence-corrected chi connectivity index (χ3v) is 7.64. The molecule has 2 saturated heterocycles. The second kappa shape index (κ2) is 10.4. The van der Waals surface area contributed by atoms with Crippen molar-refractivity contribution in [1.82, 2.24) is 9.88 Å². The van der Waals surface area contributed by atoms with Gasteiger partial charge in [-0.25, -0.2) is 9.37 Å². The van der Waals surface area contributed by atoms with Crippen LogP contribution < -0.4 is 9.80 Å². The molecule has 1 atom stereocenters. The number of rotatable bonds is 7. The van der Waals surface area contributed by atoms with Crippen molar-refractivity contribution in [3.05, 3.63) is 53.8 Å². The number of hydrogen-bond acceptors (Lipinski definition) is 6. The molecule has 2 aliphatic heterocycles. The second-order valence-electron chi connectivity index (χ2n) is 9.15. The summed E-state index contributed by atoms with van der Waals surface area (Å²) in [5.74, 6) is -1.03. The van der Waals surface area contributed by atoms with E-state index in [1.54, 1.807) is 21.9 Å². The van der Waals surface area contributed by atoms with Gasteiger partial charge in [0.05, 0.1) is 29.3 Å². The first-order valence-corrected chi connectivity index (χ1v) is 12.8. The molecule has 0 spiro atoms. The highest BCUT2D eigenvalue weighted by Gasteiger charge is 2.38. The average Bonchev–Trinajstić information content (AvgIpc) is 3.45. The maximum Gasteiger partial charge on any atom is 0.234 e. The van der Waals surface area contributed by atoms with Gasteiger partial charge in [0, 0.05) is 44.8 Å². The lowest BCUT2D eigenvalue weighted by Crippen LogP contribution is -2.41. The molecule has 184 valence electrons. The summed E-state index contributed by atoms with van der Waals surface area (Å²) in [6.45, 7) is 7.02. The molecule has 0 saturated carbocycles. The van der Waals surface area contributed by atoms with Crippen LogP contribution in [-0.2, 0) is 14.3 Å². The van der Waals surface area contributed by atoms with Gasteiger partial charge in [0.15, 0.2) is 5.13 Å². The number of nitrogens with zero attached hydrogens (tertiary/aromatic N) is 4. The highest BCUT2D eigenvalue weighted by Crippen LogP contribution is 2.33. The predicted octanol–water partition coefficient (Wildman–Crippen LogP) is 3.85. The first-order chi connectivity index (χ1) is 17.0. The van der Waals surface area contributed by atoms with Crippen LogP contribution in [0.2, 0.25) is 0 Å². The number of anilines is 2. The highest BCUT2D eigenvalue weighted by atomic mass is 32.1. The number of carbonyl (C=O) groups excluding carboxylic acids is 2. The van der Waals surface area contributed by atoms with Crippen molar-refractivity contribution < 1.29 is 18.7 Å². The Bertz CT molecular complexity index is 1210. The van der Waals surface area contributed by atoms with E-state index in [-0.39, 0.29) is 30.6 Å². The third-order valence-electron chi connectivity index (χ3n) is 6.60. The number of morpholine rings is 1. The molecular weight excluding hydrogens is 467 g/mol. The number of benzene rings is 2. The minimum atomic E-state index is -0.468. The number of thiazole rings is 1. The van der Waals surface area contributed by atoms with E-state index in [1.807, 2.05) is 19.1 Å². The fraction of sp³-hybridized carbons (Fsp3) is 0.423. The summed E-state index contributed by atoms with van der Waals surface area (Å²) in [6.07, 6.45) is 0.948. The molecule has 7 nitrogen and oxygen atoms in total. The van der Waals surface area contributed by atoms with Gasteiger partial charge in [0.25, 0.3) is 0 Å². The summed E-state index contributed by atoms with van der Waals surface area (Å²) in [7, 11) is 0. The molecule has 2 amide bonds. The number of halogens is 1. The van der Waals surface area contributed by atoms with E-state index in [1.165, 1.54) is 23.5 Å². The van der Waals surface area contributed by atoms with E-state index < -0.39 is 5.92 Å². The number of fused-ring (bicyclic) bond motifs is 1. The van der Waals surface area contributed by atoms with Crippen molar-refractivity contribution >= 4 is 44.2 Å². The molecular formula is C26H29FN4O3S. The Morgan fingerprint density at radius 1 is 1.20 bits per heavy atom. The zero-order valence-corrected chi connectivity index (χ0v) is 20.6. The number of hydrogen-bond donors (Lipinski definition) is 0. The molecule has 1 aromatic heterocycles. The zero-order valence-electron chi connectivity index (χ0n) is 19.8. The molecule has 2 aromatic carbocycles. The Morgan fingerprint density at radius 2 is 1.97 bits per heavy atom. The topological polar surface area (TPSA) is 66.0 Å². The van der Waals surface area contributed by atoms with Gasteiger partial charge < -0.3 is 9.64 Å². The smallest absolute Gasteiger partial charge is 0.234 e. The number of amides is 2. The van der Waals surface area contributed by atoms with Crippen LogP contribution in [0.15, 0.2) is 42.5 Å². The summed E-state index contributed by atoms with van der Waals surface area (Å²) in [5, 5.41) is 0.672. The lowest BCUT2D eigenvalue weighted by atomic mass is 10.1. The molecule has 0 bridgehead atoms. The van der Waals surface area contributed by atoms with E-state index in [2.05, 4.69) is 11.0 Å². The Balaban J connectivity index is 1.35. The van der Waals surface area contributed by atoms with Gasteiger partial charge in [0.1, 0.15) is 5.82 Å². The van der Waals surface area contributed by atoms with Gasteiger partial charge in [-0.1, -0.05) is 17.4 Å². The quantitative estimate of drug-likeness (QED) is 0.497. The SMILES string of the molecule is Cc1ccc2nc(N(CCCN3CCOCC3)C(=O)C3CC(=O)N(c4ccc(F)cc4)C3)sc2c1. The van der Waals surface area contributed by atoms with E-state index in [4.69, 9.17) is 9.72 Å². The predicted molar refractivity (Wildman–Crippen MR) is 135 cm³/mol. The van der Waals surface area contributed by atoms with Gasteiger partial charge in [0.2, 0.25) is 11.8 Å². The van der Waals surface area contributed by atoms with Crippen LogP contribution in [-0.4, -0.2) is 67.6 Å². The minimum absolute atomic E-state index is 0.0827. The third kappa shape index (κ3) is 5.37. The molecule has 35 heavy (non-hydrogen) atoms. The summed E-state index contributed by atoms with van der Waals surface area (Å²) < 4.78 is 19.8. The maximum absolute atomic E-state index is 13.8. The van der Waals surface area contributed by atoms with Crippen LogP contribution in [0.25, 0.3) is 10.2 Å². The lowest BCUT2D eigenvalue weighted by molar-refractivity contribution is -0.124. The standard InChI is InChI=1S/C26H29FN4O3S/c1-18-3-8-22-23(15-18)35-26(28-22)30(10-2-9-29-11-13-34-14-12-29)25(33)19-16-24(32)31(17-19)21-6-4-20(27)5-7-21/h3-8,15,19H,2,9-14,16-17H2,1H3. The van der Waals surface area contributed by atoms with Crippen molar-refractivity contribution in [2.45, 2.75) is 19.8 Å². The molecule has 9 heteroatoms. The van der Waals surface area contributed by atoms with Crippen LogP contribution >= 0.6 is 11.3 Å². The van der Waals surface area contributed by atoms with Gasteiger partial charge >= 0.3 is 0 Å². The van der Waals surface area contributed by atoms with Crippen LogP contribution in [0.5, 0.6) is 0 Å². The summed E-state index contributed by atoms with van der Waals surface area (Å²) in [6, 6.07) is 11.9. The molecule has 2 fully saturated rings. The van der Waals surface area contributed by atoms with Gasteiger partial charge in [-0.3, -0.25) is 19.4 Å². The van der Waals surface area contributed by atoms with Crippen molar-refractivity contribution in [2.24, 2.45) is 5.92 Å². The average molecular weight is 497 g/mol. The Labute approximate surface area is 208 Å². The maximum atomic E-state index is 13.8. The molecule has 0 N–H and O–H groups in total. The van der Waals surface area contributed by atoms with Crippen molar-refractivity contribution in [3.8, 4) is 0 Å². The Kier molecular flexibility index (Phi) is 7.08. The van der Waals surface area contributed by atoms with Crippen LogP contribution in [0, 0.1) is 18.7 Å². The van der Waals surface area contributed by atoms with E-state index >= 15 is 0 Å². The fourth-order valence-electron chi connectivity index (χ4n) is 4.68. The van der Waals surface area contributed by atoms with Gasteiger partial charge in [-0.15, -0.1) is 0 Å². The van der Waals surface area contributed by atoms with E-state index in [0.717, 1.165) is 55.0 Å². The molecule has 0 aliphatic carbocycles. The molecule has 3 aromatic rings. The highest BCUT2D eigenvalue weighted by molar-refractivity contribution is 7.22. The number of ether oxygens (including phenoxy) is 1. The van der Waals surface area contributed by atoms with Gasteiger partial charge in [-0.2, -0.15) is 0 Å². The van der Waals surface area contributed by atoms with Crippen LogP contribution in [0.1, 0.15) is 18.4 Å². The lowest BCUT2D eigenvalue weighted by Gasteiger charge is -2.28. The van der Waals surface area contributed by atoms with Crippen LogP contribution in [0.3, 0.4) is 0 Å². The largest absolute Gasteiger partial charge is 0.379 e. The van der Waals surface area contributed by atoms with Crippen molar-refractivity contribution in [2.75, 3.05) is 55.7 Å². The minimum Gasteiger partial charge on any atom is -0.379 e. The number of aromatic nitrogens is 1. The van der Waals surface area contributed by atoms with Crippen LogP contribution in [0.4, 0.5) is 15.2 Å². The summed E-state index contributed by atoms with van der Waals surface area (Å²) in [4.78, 5) is 37.0.